The first-order chi connectivity index (χ1) is 9.04. The van der Waals surface area contributed by atoms with Crippen molar-refractivity contribution < 1.29 is 13.9 Å². The van der Waals surface area contributed by atoms with Gasteiger partial charge in [-0.05, 0) is 19.4 Å². The second-order valence-corrected chi connectivity index (χ2v) is 5.09. The fourth-order valence-corrected chi connectivity index (χ4v) is 2.46. The van der Waals surface area contributed by atoms with Gasteiger partial charge in [-0.25, -0.2) is 4.39 Å². The average molecular weight is 282 g/mol. The van der Waals surface area contributed by atoms with Crippen molar-refractivity contribution in [1.29, 1.82) is 5.26 Å². The molecule has 100 valence electrons. The van der Waals surface area contributed by atoms with Crippen LogP contribution in [0.4, 0.5) is 4.39 Å². The molecule has 2 rings (SSSR count). The van der Waals surface area contributed by atoms with Crippen LogP contribution in [0.5, 0.6) is 0 Å². The molecule has 1 aromatic carbocycles. The van der Waals surface area contributed by atoms with E-state index in [1.807, 2.05) is 13.0 Å². The van der Waals surface area contributed by atoms with Crippen molar-refractivity contribution in [3.05, 3.63) is 34.6 Å². The van der Waals surface area contributed by atoms with E-state index in [0.717, 1.165) is 0 Å². The predicted molar refractivity (Wildman–Crippen MR) is 68.3 cm³/mol. The van der Waals surface area contributed by atoms with Crippen LogP contribution < -0.4 is 0 Å². The van der Waals surface area contributed by atoms with Crippen LogP contribution in [0.15, 0.2) is 18.2 Å². The molecule has 0 aromatic heterocycles. The molecule has 5 heteroatoms. The van der Waals surface area contributed by atoms with Crippen molar-refractivity contribution in [2.45, 2.75) is 25.4 Å². The van der Waals surface area contributed by atoms with Crippen molar-refractivity contribution in [2.24, 2.45) is 5.92 Å². The van der Waals surface area contributed by atoms with E-state index in [4.69, 9.17) is 16.3 Å². The molecule has 1 saturated heterocycles. The number of ketones is 1. The normalized spacial score (nSPS) is 23.9. The van der Waals surface area contributed by atoms with Crippen molar-refractivity contribution in [3.8, 4) is 6.07 Å². The molecule has 1 heterocycles. The molecule has 0 aliphatic carbocycles. The van der Waals surface area contributed by atoms with E-state index in [1.165, 1.54) is 18.2 Å². The molecule has 0 amide bonds. The first-order valence-corrected chi connectivity index (χ1v) is 6.41. The number of hydrogen-bond acceptors (Lipinski definition) is 3. The lowest BCUT2D eigenvalue weighted by molar-refractivity contribution is -0.123. The molecule has 1 aliphatic rings. The SMILES string of the molecule is CC1CC(C(=O)C(C#N)c2cccc(Cl)c2F)CO1. The number of benzene rings is 1. The van der Waals surface area contributed by atoms with E-state index in [-0.39, 0.29) is 28.4 Å². The van der Waals surface area contributed by atoms with Gasteiger partial charge in [-0.2, -0.15) is 5.26 Å². The lowest BCUT2D eigenvalue weighted by Crippen LogP contribution is -2.22. The number of carbonyl (C=O) groups excluding carboxylic acids is 1. The van der Waals surface area contributed by atoms with Gasteiger partial charge in [-0.3, -0.25) is 4.79 Å². The van der Waals surface area contributed by atoms with Gasteiger partial charge in [0.15, 0.2) is 5.78 Å². The number of Topliss-reactive ketones (excluding diaryl/α,β-unsaturated/α-hetero) is 1. The molecule has 1 aromatic rings. The predicted octanol–water partition coefficient (Wildman–Crippen LogP) is 3.08. The number of ether oxygens (including phenoxy) is 1. The highest BCUT2D eigenvalue weighted by Crippen LogP contribution is 2.30. The summed E-state index contributed by atoms with van der Waals surface area (Å²) in [5.41, 5.74) is 0.0413. The van der Waals surface area contributed by atoms with Crippen LogP contribution in [-0.2, 0) is 9.53 Å². The van der Waals surface area contributed by atoms with Crippen LogP contribution in [0, 0.1) is 23.1 Å². The van der Waals surface area contributed by atoms with Crippen LogP contribution in [0.3, 0.4) is 0 Å². The first kappa shape index (κ1) is 14.0. The maximum absolute atomic E-state index is 13.9. The minimum Gasteiger partial charge on any atom is -0.378 e. The summed E-state index contributed by atoms with van der Waals surface area (Å²) in [6.07, 6.45) is 0.566. The molecule has 1 aliphatic heterocycles. The van der Waals surface area contributed by atoms with Gasteiger partial charge >= 0.3 is 0 Å². The van der Waals surface area contributed by atoms with Crippen LogP contribution >= 0.6 is 11.6 Å². The zero-order chi connectivity index (χ0) is 14.0. The summed E-state index contributed by atoms with van der Waals surface area (Å²) in [4.78, 5) is 12.3. The van der Waals surface area contributed by atoms with Crippen molar-refractivity contribution in [3.63, 3.8) is 0 Å². The summed E-state index contributed by atoms with van der Waals surface area (Å²) in [5.74, 6) is -2.47. The summed E-state index contributed by atoms with van der Waals surface area (Å²) in [5, 5.41) is 9.09. The highest BCUT2D eigenvalue weighted by Gasteiger charge is 2.35. The Labute approximate surface area is 115 Å². The molecule has 0 radical (unpaired) electrons. The van der Waals surface area contributed by atoms with Crippen LogP contribution in [-0.4, -0.2) is 18.5 Å². The Balaban J connectivity index is 2.28. The largest absolute Gasteiger partial charge is 0.378 e. The Morgan fingerprint density at radius 3 is 2.95 bits per heavy atom. The van der Waals surface area contributed by atoms with Crippen LogP contribution in [0.1, 0.15) is 24.8 Å². The van der Waals surface area contributed by atoms with Crippen LogP contribution in [0.25, 0.3) is 0 Å². The fourth-order valence-electron chi connectivity index (χ4n) is 2.28. The van der Waals surface area contributed by atoms with Gasteiger partial charge < -0.3 is 4.74 Å². The maximum atomic E-state index is 13.9. The van der Waals surface area contributed by atoms with E-state index in [0.29, 0.717) is 13.0 Å². The van der Waals surface area contributed by atoms with Gasteiger partial charge in [0.2, 0.25) is 0 Å². The first-order valence-electron chi connectivity index (χ1n) is 6.03. The summed E-state index contributed by atoms with van der Waals surface area (Å²) >= 11 is 5.68. The third-order valence-corrected chi connectivity index (χ3v) is 3.60. The van der Waals surface area contributed by atoms with Gasteiger partial charge in [0.1, 0.15) is 11.7 Å². The van der Waals surface area contributed by atoms with Crippen molar-refractivity contribution in [2.75, 3.05) is 6.61 Å². The Kier molecular flexibility index (Phi) is 4.18. The molecule has 3 atom stereocenters. The zero-order valence-electron chi connectivity index (χ0n) is 10.4. The smallest absolute Gasteiger partial charge is 0.160 e. The van der Waals surface area contributed by atoms with Gasteiger partial charge in [0.25, 0.3) is 0 Å². The monoisotopic (exact) mass is 281 g/mol. The Bertz CT molecular complexity index is 541. The summed E-state index contributed by atoms with van der Waals surface area (Å²) < 4.78 is 19.2. The van der Waals surface area contributed by atoms with E-state index in [2.05, 4.69) is 0 Å². The molecule has 0 N–H and O–H groups in total. The van der Waals surface area contributed by atoms with Crippen LogP contribution in [0.2, 0.25) is 5.02 Å². The number of hydrogen-bond donors (Lipinski definition) is 0. The van der Waals surface area contributed by atoms with Gasteiger partial charge in [-0.15, -0.1) is 0 Å². The van der Waals surface area contributed by atoms with Gasteiger partial charge in [-0.1, -0.05) is 23.7 Å². The number of halogens is 2. The molecule has 3 unspecified atom stereocenters. The van der Waals surface area contributed by atoms with Gasteiger partial charge in [0, 0.05) is 11.5 Å². The maximum Gasteiger partial charge on any atom is 0.160 e. The number of carbonyl (C=O) groups is 1. The third kappa shape index (κ3) is 2.78. The lowest BCUT2D eigenvalue weighted by Gasteiger charge is -2.13. The second kappa shape index (κ2) is 5.68. The summed E-state index contributed by atoms with van der Waals surface area (Å²) in [7, 11) is 0. The third-order valence-electron chi connectivity index (χ3n) is 3.31. The molecule has 0 spiro atoms. The van der Waals surface area contributed by atoms with Crippen molar-refractivity contribution >= 4 is 17.4 Å². The fraction of sp³-hybridized carbons (Fsp3) is 0.429. The molecule has 0 saturated carbocycles. The number of nitrogens with zero attached hydrogens (tertiary/aromatic N) is 1. The van der Waals surface area contributed by atoms with E-state index in [1.54, 1.807) is 0 Å². The molecular weight excluding hydrogens is 269 g/mol. The summed E-state index contributed by atoms with van der Waals surface area (Å²) in [6, 6.07) is 6.22. The highest BCUT2D eigenvalue weighted by atomic mass is 35.5. The minimum absolute atomic E-state index is 0.00231. The van der Waals surface area contributed by atoms with E-state index < -0.39 is 11.7 Å². The molecule has 1 fully saturated rings. The molecule has 19 heavy (non-hydrogen) atoms. The second-order valence-electron chi connectivity index (χ2n) is 4.68. The Morgan fingerprint density at radius 2 is 2.37 bits per heavy atom. The van der Waals surface area contributed by atoms with Crippen molar-refractivity contribution in [1.82, 2.24) is 0 Å². The average Bonchev–Trinajstić information content (AvgIpc) is 2.82. The minimum atomic E-state index is -1.13. The standard InChI is InChI=1S/C14H13ClFNO2/c1-8-5-9(7-19-8)14(18)11(6-17)10-3-2-4-12(15)13(10)16/h2-4,8-9,11H,5,7H2,1H3. The Hall–Kier alpha value is -1.44. The molecule has 0 bridgehead atoms. The summed E-state index contributed by atoms with van der Waals surface area (Å²) in [6.45, 7) is 2.16. The number of rotatable bonds is 3. The quantitative estimate of drug-likeness (QED) is 0.855. The van der Waals surface area contributed by atoms with Gasteiger partial charge in [0.05, 0.1) is 23.8 Å². The lowest BCUT2D eigenvalue weighted by atomic mass is 9.87. The zero-order valence-corrected chi connectivity index (χ0v) is 11.2. The number of nitriles is 1. The highest BCUT2D eigenvalue weighted by molar-refractivity contribution is 6.30. The molecule has 3 nitrogen and oxygen atoms in total. The Morgan fingerprint density at radius 1 is 1.63 bits per heavy atom. The van der Waals surface area contributed by atoms with E-state index in [9.17, 15) is 14.4 Å². The topological polar surface area (TPSA) is 50.1 Å². The molecular formula is C14H13ClFNO2. The van der Waals surface area contributed by atoms with E-state index >= 15 is 0 Å².